The smallest absolute Gasteiger partial charge is 0.437 e. The predicted molar refractivity (Wildman–Crippen MR) is 228 cm³/mol. The summed E-state index contributed by atoms with van der Waals surface area (Å²) in [6.45, 7) is 23.2. The van der Waals surface area contributed by atoms with E-state index in [2.05, 4.69) is 25.9 Å². The van der Waals surface area contributed by atoms with Gasteiger partial charge in [-0.3, -0.25) is 15.7 Å². The van der Waals surface area contributed by atoms with E-state index in [1.165, 1.54) is 4.90 Å². The van der Waals surface area contributed by atoms with Gasteiger partial charge in [0.2, 0.25) is 5.96 Å². The molecule has 1 heterocycles. The van der Waals surface area contributed by atoms with Crippen LogP contribution in [0.2, 0.25) is 0 Å². The largest absolute Gasteiger partial charge is 0.494 e. The number of aliphatic imine (C=N–C) groups is 2. The molecule has 0 radical (unpaired) electrons. The second kappa shape index (κ2) is 22.9. The minimum atomic E-state index is -0.995. The van der Waals surface area contributed by atoms with Gasteiger partial charge in [-0.15, -0.1) is 4.99 Å². The second-order valence-corrected chi connectivity index (χ2v) is 18.1. The lowest BCUT2D eigenvalue weighted by atomic mass is 10.1. The van der Waals surface area contributed by atoms with Crippen LogP contribution in [0.3, 0.4) is 0 Å². The van der Waals surface area contributed by atoms with Gasteiger partial charge in [-0.25, -0.2) is 29.0 Å². The first-order valence-electron chi connectivity index (χ1n) is 20.5. The van der Waals surface area contributed by atoms with Gasteiger partial charge in [-0.2, -0.15) is 0 Å². The van der Waals surface area contributed by atoms with Crippen molar-refractivity contribution in [1.29, 1.82) is 5.41 Å². The summed E-state index contributed by atoms with van der Waals surface area (Å²) in [4.78, 5) is 64.3. The first kappa shape index (κ1) is 50.1. The van der Waals surface area contributed by atoms with E-state index in [0.717, 1.165) is 62.6 Å². The summed E-state index contributed by atoms with van der Waals surface area (Å²) in [5, 5.41) is 17.1. The summed E-state index contributed by atoms with van der Waals surface area (Å²) in [7, 11) is 0. The topological polar surface area (TPSA) is 206 Å². The number of carbonyl (C=O) groups is 4. The van der Waals surface area contributed by atoms with E-state index in [1.807, 2.05) is 0 Å². The van der Waals surface area contributed by atoms with Gasteiger partial charge in [0.1, 0.15) is 34.0 Å². The van der Waals surface area contributed by atoms with Crippen LogP contribution in [0.25, 0.3) is 0 Å². The lowest BCUT2D eigenvalue weighted by Crippen LogP contribution is -2.53. The normalized spacial score (nSPS) is 13.4. The van der Waals surface area contributed by atoms with E-state index >= 15 is 0 Å². The van der Waals surface area contributed by atoms with Crippen LogP contribution in [0.1, 0.15) is 134 Å². The zero-order valence-corrected chi connectivity index (χ0v) is 37.5. The Morgan fingerprint density at radius 1 is 0.712 bits per heavy atom. The van der Waals surface area contributed by atoms with Gasteiger partial charge in [-0.05, 0) is 127 Å². The Morgan fingerprint density at radius 2 is 1.22 bits per heavy atom. The van der Waals surface area contributed by atoms with E-state index in [9.17, 15) is 19.2 Å². The maximum atomic E-state index is 14.0. The number of ether oxygens (including phenoxy) is 5. The molecule has 1 aromatic rings. The van der Waals surface area contributed by atoms with Gasteiger partial charge >= 0.3 is 24.4 Å². The van der Waals surface area contributed by atoms with Crippen molar-refractivity contribution in [3.8, 4) is 5.75 Å². The Balaban J connectivity index is 2.28. The summed E-state index contributed by atoms with van der Waals surface area (Å²) >= 11 is 0. The summed E-state index contributed by atoms with van der Waals surface area (Å²) in [5.74, 6) is 0.903. The summed E-state index contributed by atoms with van der Waals surface area (Å²) < 4.78 is 28.3. The number of alkyl carbamates (subject to hydrolysis) is 1. The van der Waals surface area contributed by atoms with E-state index in [1.54, 1.807) is 107 Å². The Bertz CT molecular complexity index is 1600. The lowest BCUT2D eigenvalue weighted by molar-refractivity contribution is 0.0269. The van der Waals surface area contributed by atoms with Crippen LogP contribution in [0, 0.1) is 5.41 Å². The van der Waals surface area contributed by atoms with E-state index in [4.69, 9.17) is 29.1 Å². The zero-order chi connectivity index (χ0) is 44.4. The average Bonchev–Trinajstić information content (AvgIpc) is 3.59. The van der Waals surface area contributed by atoms with Gasteiger partial charge < -0.3 is 34.3 Å². The molecule has 0 spiro atoms. The van der Waals surface area contributed by atoms with Crippen LogP contribution in [0.5, 0.6) is 5.75 Å². The van der Waals surface area contributed by atoms with E-state index in [-0.39, 0.29) is 37.9 Å². The van der Waals surface area contributed by atoms with Crippen molar-refractivity contribution in [3.63, 3.8) is 0 Å². The average molecular weight is 831 g/mol. The molecule has 17 heteroatoms. The molecule has 0 fully saturated rings. The van der Waals surface area contributed by atoms with Crippen molar-refractivity contribution in [3.05, 3.63) is 29.8 Å². The highest BCUT2D eigenvalue weighted by Crippen LogP contribution is 2.19. The maximum Gasteiger partial charge on any atom is 0.437 e. The van der Waals surface area contributed by atoms with Crippen LogP contribution in [-0.2, 0) is 18.9 Å². The number of hydrogen-bond acceptors (Lipinski definition) is 13. The summed E-state index contributed by atoms with van der Waals surface area (Å²) in [6.07, 6.45) is 2.11. The number of amidine groups is 1. The van der Waals surface area contributed by atoms with Crippen molar-refractivity contribution in [2.45, 2.75) is 150 Å². The van der Waals surface area contributed by atoms with Gasteiger partial charge in [0.25, 0.3) is 0 Å². The van der Waals surface area contributed by atoms with Crippen LogP contribution in [0.4, 0.5) is 19.2 Å². The number of hydrogen-bond donors (Lipinski definition) is 4. The first-order chi connectivity index (χ1) is 27.3. The molecule has 0 saturated heterocycles. The molecule has 332 valence electrons. The van der Waals surface area contributed by atoms with E-state index in [0.29, 0.717) is 17.7 Å². The molecule has 4 N–H and O–H groups in total. The predicted octanol–water partition coefficient (Wildman–Crippen LogP) is 7.96. The molecule has 2 rings (SSSR count). The number of unbranched alkanes of at least 4 members (excludes halogenated alkanes) is 5. The van der Waals surface area contributed by atoms with Crippen molar-refractivity contribution >= 4 is 42.1 Å². The quantitative estimate of drug-likeness (QED) is 0.0577. The molecule has 0 saturated carbocycles. The zero-order valence-electron chi connectivity index (χ0n) is 37.5. The Kier molecular flexibility index (Phi) is 19.4. The molecule has 4 amide bonds. The first-order valence-corrected chi connectivity index (χ1v) is 20.5. The third kappa shape index (κ3) is 22.0. The van der Waals surface area contributed by atoms with Gasteiger partial charge in [0.05, 0.1) is 13.2 Å². The molecule has 0 unspecified atom stereocenters. The van der Waals surface area contributed by atoms with Crippen LogP contribution in [0.15, 0.2) is 34.3 Å². The van der Waals surface area contributed by atoms with Gasteiger partial charge in [0.15, 0.2) is 5.96 Å². The second-order valence-electron chi connectivity index (χ2n) is 18.1. The molecule has 17 nitrogen and oxygen atoms in total. The highest BCUT2D eigenvalue weighted by molar-refractivity contribution is 6.05. The van der Waals surface area contributed by atoms with Crippen molar-refractivity contribution in [1.82, 2.24) is 25.8 Å². The van der Waals surface area contributed by atoms with E-state index < -0.39 is 46.8 Å². The standard InChI is InChI=1S/C42H70N8O9/c1-39(2,3)56-35(51)47-32(43)30-20-22-31(23-21-30)55-29-19-28-50(38(54)59-42(10,11)12)34(48-36(52)57-40(4,5)6)49(37(53)58-41(7,8)9)27-18-16-14-13-15-17-24-44-33-45-25-26-46-33/h20-23H,13-19,24-29H2,1-12H3,(H2,43,47,51)(H2,44,45,46)/b48-34-. The molecular formula is C42H70N8O9. The fraction of sp³-hybridized carbons (Fsp3) is 0.690. The molecule has 0 atom stereocenters. The fourth-order valence-electron chi connectivity index (χ4n) is 5.25. The fourth-order valence-corrected chi connectivity index (χ4v) is 5.25. The lowest BCUT2D eigenvalue weighted by Gasteiger charge is -2.34. The monoisotopic (exact) mass is 831 g/mol. The third-order valence-electron chi connectivity index (χ3n) is 7.63. The van der Waals surface area contributed by atoms with Gasteiger partial charge in [0, 0.05) is 31.7 Å². The summed E-state index contributed by atoms with van der Waals surface area (Å²) in [6, 6.07) is 6.53. The molecule has 0 aliphatic carbocycles. The molecule has 0 bridgehead atoms. The Morgan fingerprint density at radius 3 is 1.73 bits per heavy atom. The summed E-state index contributed by atoms with van der Waals surface area (Å²) in [5.41, 5.74) is -3.01. The molecule has 1 aromatic carbocycles. The number of amides is 4. The number of nitrogens with zero attached hydrogens (tertiary/aromatic N) is 4. The van der Waals surface area contributed by atoms with Crippen molar-refractivity contribution in [2.75, 3.05) is 39.3 Å². The third-order valence-corrected chi connectivity index (χ3v) is 7.63. The number of carbonyl (C=O) groups excluding carboxylic acids is 4. The number of nitrogens with one attached hydrogen (secondary N) is 4. The van der Waals surface area contributed by atoms with Crippen molar-refractivity contribution < 1.29 is 42.9 Å². The number of guanidine groups is 2. The minimum Gasteiger partial charge on any atom is -0.494 e. The van der Waals surface area contributed by atoms with Crippen molar-refractivity contribution in [2.24, 2.45) is 9.98 Å². The number of benzene rings is 1. The highest BCUT2D eigenvalue weighted by Gasteiger charge is 2.35. The highest BCUT2D eigenvalue weighted by atomic mass is 16.6. The molecule has 1 aliphatic heterocycles. The molecular weight excluding hydrogens is 761 g/mol. The molecule has 1 aliphatic rings. The van der Waals surface area contributed by atoms with Crippen LogP contribution in [-0.4, -0.2) is 114 Å². The minimum absolute atomic E-state index is 0.0612. The maximum absolute atomic E-state index is 14.0. The molecule has 0 aromatic heterocycles. The molecule has 59 heavy (non-hydrogen) atoms. The SMILES string of the molecule is CC(C)(C)OC(=O)/N=C(/N(CCCCCCCCNC1=NCCN1)C(=O)OC(C)(C)C)N(CCCOc1ccc(C(=N)NC(=O)OC(C)(C)C)cc1)C(=O)OC(C)(C)C. The van der Waals surface area contributed by atoms with Gasteiger partial charge in [-0.1, -0.05) is 25.7 Å². The Hall–Kier alpha value is -5.09. The number of rotatable bonds is 15. The van der Waals surface area contributed by atoms with Crippen LogP contribution >= 0.6 is 0 Å². The Labute approximate surface area is 350 Å². The van der Waals surface area contributed by atoms with Crippen LogP contribution < -0.4 is 20.7 Å².